The highest BCUT2D eigenvalue weighted by Crippen LogP contribution is 2.29. The number of rotatable bonds is 3. The van der Waals surface area contributed by atoms with Gasteiger partial charge in [-0.2, -0.15) is 0 Å². The predicted octanol–water partition coefficient (Wildman–Crippen LogP) is 3.13. The van der Waals surface area contributed by atoms with E-state index in [1.807, 2.05) is 24.3 Å². The van der Waals surface area contributed by atoms with Crippen molar-refractivity contribution in [1.82, 2.24) is 4.98 Å². The van der Waals surface area contributed by atoms with Crippen LogP contribution in [0.2, 0.25) is 0 Å². The number of para-hydroxylation sites is 1. The Morgan fingerprint density at radius 1 is 1.18 bits per heavy atom. The zero-order valence-corrected chi connectivity index (χ0v) is 10.2. The number of hydrogen-bond donors (Lipinski definition) is 1. The lowest BCUT2D eigenvalue weighted by atomic mass is 10.1. The van der Waals surface area contributed by atoms with Crippen LogP contribution < -0.4 is 10.6 Å². The van der Waals surface area contributed by atoms with Crippen molar-refractivity contribution in [1.29, 1.82) is 0 Å². The van der Waals surface area contributed by atoms with E-state index in [1.165, 1.54) is 5.56 Å². The number of aromatic nitrogens is 1. The Kier molecular flexibility index (Phi) is 3.28. The minimum Gasteiger partial charge on any atom is -0.396 e. The van der Waals surface area contributed by atoms with Gasteiger partial charge in [0.25, 0.3) is 0 Å². The molecule has 3 heteroatoms. The maximum Gasteiger partial charge on any atom is 0.156 e. The third-order valence-electron chi connectivity index (χ3n) is 2.80. The van der Waals surface area contributed by atoms with Crippen molar-refractivity contribution in [3.8, 4) is 0 Å². The maximum atomic E-state index is 5.98. The molecule has 0 amide bonds. The fourth-order valence-electron chi connectivity index (χ4n) is 1.94. The molecule has 0 saturated heterocycles. The van der Waals surface area contributed by atoms with Gasteiger partial charge in [-0.25, -0.2) is 4.98 Å². The molecule has 2 aromatic rings. The van der Waals surface area contributed by atoms with E-state index >= 15 is 0 Å². The Balaban J connectivity index is 2.48. The molecule has 0 aliphatic carbocycles. The lowest BCUT2D eigenvalue weighted by molar-refractivity contribution is 0.985. The highest BCUT2D eigenvalue weighted by Gasteiger charge is 2.12. The SMILES string of the molecule is CCN(c1ccccc1C)c1ncccc1N. The van der Waals surface area contributed by atoms with E-state index in [0.29, 0.717) is 5.69 Å². The summed E-state index contributed by atoms with van der Waals surface area (Å²) in [5.74, 6) is 0.823. The summed E-state index contributed by atoms with van der Waals surface area (Å²) in [6.07, 6.45) is 1.77. The van der Waals surface area contributed by atoms with Crippen LogP contribution in [0.1, 0.15) is 12.5 Å². The van der Waals surface area contributed by atoms with E-state index in [9.17, 15) is 0 Å². The minimum absolute atomic E-state index is 0.706. The molecule has 0 unspecified atom stereocenters. The molecule has 0 radical (unpaired) electrons. The fraction of sp³-hybridized carbons (Fsp3) is 0.214. The predicted molar refractivity (Wildman–Crippen MR) is 72.5 cm³/mol. The van der Waals surface area contributed by atoms with Crippen molar-refractivity contribution < 1.29 is 0 Å². The number of nitrogen functional groups attached to an aromatic ring is 1. The molecule has 0 fully saturated rings. The van der Waals surface area contributed by atoms with E-state index in [2.05, 4.69) is 35.9 Å². The molecule has 0 saturated carbocycles. The Bertz CT molecular complexity index is 463. The Hall–Kier alpha value is -2.03. The van der Waals surface area contributed by atoms with Gasteiger partial charge in [-0.3, -0.25) is 0 Å². The van der Waals surface area contributed by atoms with Gasteiger partial charge in [-0.15, -0.1) is 0 Å². The van der Waals surface area contributed by atoms with Crippen LogP contribution in [-0.4, -0.2) is 11.5 Å². The molecule has 2 N–H and O–H groups in total. The van der Waals surface area contributed by atoms with Gasteiger partial charge in [0.1, 0.15) is 0 Å². The van der Waals surface area contributed by atoms with Crippen LogP contribution >= 0.6 is 0 Å². The molecule has 3 nitrogen and oxygen atoms in total. The number of nitrogens with zero attached hydrogens (tertiary/aromatic N) is 2. The lowest BCUT2D eigenvalue weighted by Crippen LogP contribution is -2.19. The molecule has 2 rings (SSSR count). The van der Waals surface area contributed by atoms with Crippen LogP contribution in [0, 0.1) is 6.92 Å². The van der Waals surface area contributed by atoms with Crippen LogP contribution in [0.4, 0.5) is 17.2 Å². The quantitative estimate of drug-likeness (QED) is 0.876. The van der Waals surface area contributed by atoms with Gasteiger partial charge in [0.05, 0.1) is 5.69 Å². The van der Waals surface area contributed by atoms with Crippen molar-refractivity contribution >= 4 is 17.2 Å². The summed E-state index contributed by atoms with van der Waals surface area (Å²) in [7, 11) is 0. The number of hydrogen-bond acceptors (Lipinski definition) is 3. The summed E-state index contributed by atoms with van der Waals surface area (Å²) < 4.78 is 0. The molecule has 17 heavy (non-hydrogen) atoms. The molecule has 0 aliphatic heterocycles. The summed E-state index contributed by atoms with van der Waals surface area (Å²) >= 11 is 0. The first-order valence-electron chi connectivity index (χ1n) is 5.77. The molecule has 0 bridgehead atoms. The second-order valence-electron chi connectivity index (χ2n) is 3.95. The van der Waals surface area contributed by atoms with E-state index in [-0.39, 0.29) is 0 Å². The van der Waals surface area contributed by atoms with E-state index in [0.717, 1.165) is 18.1 Å². The minimum atomic E-state index is 0.706. The number of pyridine rings is 1. The van der Waals surface area contributed by atoms with Gasteiger partial charge in [0, 0.05) is 18.4 Å². The third kappa shape index (κ3) is 2.23. The van der Waals surface area contributed by atoms with Crippen molar-refractivity contribution in [3.05, 3.63) is 48.2 Å². The summed E-state index contributed by atoms with van der Waals surface area (Å²) in [6, 6.07) is 12.0. The standard InChI is InChI=1S/C14H17N3/c1-3-17(13-9-5-4-7-11(13)2)14-12(15)8-6-10-16-14/h4-10H,3,15H2,1-2H3. The molecule has 0 spiro atoms. The maximum absolute atomic E-state index is 5.98. The topological polar surface area (TPSA) is 42.2 Å². The first-order valence-corrected chi connectivity index (χ1v) is 5.77. The summed E-state index contributed by atoms with van der Waals surface area (Å²) in [4.78, 5) is 6.50. The van der Waals surface area contributed by atoms with Crippen LogP contribution in [0.5, 0.6) is 0 Å². The van der Waals surface area contributed by atoms with Gasteiger partial charge in [0.2, 0.25) is 0 Å². The second kappa shape index (κ2) is 4.87. The first kappa shape index (κ1) is 11.5. The molecule has 0 atom stereocenters. The molecule has 88 valence electrons. The first-order chi connectivity index (χ1) is 8.24. The number of benzene rings is 1. The van der Waals surface area contributed by atoms with Crippen LogP contribution in [-0.2, 0) is 0 Å². The van der Waals surface area contributed by atoms with Crippen molar-refractivity contribution in [3.63, 3.8) is 0 Å². The van der Waals surface area contributed by atoms with E-state index in [1.54, 1.807) is 6.20 Å². The third-order valence-corrected chi connectivity index (χ3v) is 2.80. The fourth-order valence-corrected chi connectivity index (χ4v) is 1.94. The van der Waals surface area contributed by atoms with Crippen molar-refractivity contribution in [2.45, 2.75) is 13.8 Å². The smallest absolute Gasteiger partial charge is 0.156 e. The summed E-state index contributed by atoms with van der Waals surface area (Å²) in [5.41, 5.74) is 9.06. The highest BCUT2D eigenvalue weighted by molar-refractivity contribution is 5.72. The summed E-state index contributed by atoms with van der Waals surface area (Å²) in [5, 5.41) is 0. The van der Waals surface area contributed by atoms with Gasteiger partial charge in [0.15, 0.2) is 5.82 Å². The Labute approximate surface area is 102 Å². The van der Waals surface area contributed by atoms with Crippen LogP contribution in [0.15, 0.2) is 42.6 Å². The largest absolute Gasteiger partial charge is 0.396 e. The lowest BCUT2D eigenvalue weighted by Gasteiger charge is -2.24. The van der Waals surface area contributed by atoms with Gasteiger partial charge >= 0.3 is 0 Å². The zero-order valence-electron chi connectivity index (χ0n) is 10.2. The summed E-state index contributed by atoms with van der Waals surface area (Å²) in [6.45, 7) is 5.03. The normalized spacial score (nSPS) is 10.2. The molecule has 0 aliphatic rings. The second-order valence-corrected chi connectivity index (χ2v) is 3.95. The molecular weight excluding hydrogens is 210 g/mol. The average Bonchev–Trinajstić information content (AvgIpc) is 2.34. The van der Waals surface area contributed by atoms with Crippen LogP contribution in [0.25, 0.3) is 0 Å². The number of nitrogens with two attached hydrogens (primary N) is 1. The van der Waals surface area contributed by atoms with Gasteiger partial charge in [-0.1, -0.05) is 18.2 Å². The number of anilines is 3. The van der Waals surface area contributed by atoms with Gasteiger partial charge in [-0.05, 0) is 37.6 Å². The van der Waals surface area contributed by atoms with E-state index in [4.69, 9.17) is 5.73 Å². The number of aryl methyl sites for hydroxylation is 1. The van der Waals surface area contributed by atoms with E-state index < -0.39 is 0 Å². The Morgan fingerprint density at radius 3 is 2.59 bits per heavy atom. The molecular formula is C14H17N3. The van der Waals surface area contributed by atoms with Crippen LogP contribution in [0.3, 0.4) is 0 Å². The Morgan fingerprint density at radius 2 is 1.94 bits per heavy atom. The molecule has 1 heterocycles. The average molecular weight is 227 g/mol. The van der Waals surface area contributed by atoms with Gasteiger partial charge < -0.3 is 10.6 Å². The highest BCUT2D eigenvalue weighted by atomic mass is 15.2. The monoisotopic (exact) mass is 227 g/mol. The van der Waals surface area contributed by atoms with Crippen molar-refractivity contribution in [2.75, 3.05) is 17.2 Å². The zero-order chi connectivity index (χ0) is 12.3. The molecule has 1 aromatic heterocycles. The van der Waals surface area contributed by atoms with Crippen molar-refractivity contribution in [2.24, 2.45) is 0 Å². The molecule has 1 aromatic carbocycles.